The van der Waals surface area contributed by atoms with E-state index in [4.69, 9.17) is 0 Å². The lowest BCUT2D eigenvalue weighted by Crippen LogP contribution is -2.29. The molecule has 5 nitrogen and oxygen atoms in total. The molecule has 0 atom stereocenters. The Bertz CT molecular complexity index is 329. The van der Waals surface area contributed by atoms with E-state index in [0.717, 1.165) is 5.69 Å². The number of anilines is 1. The van der Waals surface area contributed by atoms with Crippen molar-refractivity contribution < 1.29 is 4.79 Å². The van der Waals surface area contributed by atoms with Gasteiger partial charge in [-0.05, 0) is 12.8 Å². The number of hydrogen-bond acceptors (Lipinski definition) is 3. The summed E-state index contributed by atoms with van der Waals surface area (Å²) in [6, 6.07) is 0.564. The van der Waals surface area contributed by atoms with Crippen molar-refractivity contribution >= 4 is 11.6 Å². The Morgan fingerprint density at radius 1 is 1.71 bits per heavy atom. The van der Waals surface area contributed by atoms with Crippen LogP contribution in [-0.4, -0.2) is 28.3 Å². The first kappa shape index (κ1) is 9.21. The predicted molar refractivity (Wildman–Crippen MR) is 52.9 cm³/mol. The molecule has 0 radical (unpaired) electrons. The maximum absolute atomic E-state index is 11.3. The van der Waals surface area contributed by atoms with Gasteiger partial charge in [0.2, 0.25) is 5.91 Å². The summed E-state index contributed by atoms with van der Waals surface area (Å²) in [6.07, 6.45) is 5.80. The van der Waals surface area contributed by atoms with Gasteiger partial charge in [0.25, 0.3) is 0 Å². The zero-order chi connectivity index (χ0) is 9.97. The van der Waals surface area contributed by atoms with Gasteiger partial charge in [0, 0.05) is 19.3 Å². The lowest BCUT2D eigenvalue weighted by Gasteiger charge is -2.02. The normalized spacial score (nSPS) is 15.5. The third-order valence-electron chi connectivity index (χ3n) is 2.12. The van der Waals surface area contributed by atoms with Crippen LogP contribution >= 0.6 is 0 Å². The van der Waals surface area contributed by atoms with Crippen molar-refractivity contribution in [3.63, 3.8) is 0 Å². The van der Waals surface area contributed by atoms with E-state index in [1.54, 1.807) is 17.1 Å². The van der Waals surface area contributed by atoms with Crippen LogP contribution in [0.15, 0.2) is 12.4 Å². The Kier molecular flexibility index (Phi) is 2.49. The van der Waals surface area contributed by atoms with Crippen LogP contribution in [0.2, 0.25) is 0 Å². The van der Waals surface area contributed by atoms with Crippen LogP contribution in [0.4, 0.5) is 5.69 Å². The highest BCUT2D eigenvalue weighted by Crippen LogP contribution is 2.18. The third kappa shape index (κ3) is 2.56. The molecule has 1 aliphatic rings. The first-order valence-corrected chi connectivity index (χ1v) is 4.76. The molecule has 76 valence electrons. The quantitative estimate of drug-likeness (QED) is 0.715. The molecular formula is C9H14N4O. The molecule has 0 aromatic carbocycles. The number of carbonyl (C=O) groups is 1. The number of rotatable bonds is 4. The molecule has 2 rings (SSSR count). The lowest BCUT2D eigenvalue weighted by atomic mass is 10.5. The maximum atomic E-state index is 11.3. The van der Waals surface area contributed by atoms with Crippen molar-refractivity contribution in [2.75, 3.05) is 11.9 Å². The highest BCUT2D eigenvalue weighted by molar-refractivity contribution is 5.91. The lowest BCUT2D eigenvalue weighted by molar-refractivity contribution is -0.115. The molecule has 14 heavy (non-hydrogen) atoms. The van der Waals surface area contributed by atoms with Crippen LogP contribution in [0, 0.1) is 0 Å². The summed E-state index contributed by atoms with van der Waals surface area (Å²) in [5.41, 5.74) is 0.745. The molecule has 0 bridgehead atoms. The molecule has 0 saturated heterocycles. The van der Waals surface area contributed by atoms with Gasteiger partial charge in [0.15, 0.2) is 0 Å². The summed E-state index contributed by atoms with van der Waals surface area (Å²) in [4.78, 5) is 11.3. The van der Waals surface area contributed by atoms with Crippen LogP contribution < -0.4 is 10.6 Å². The second kappa shape index (κ2) is 3.79. The van der Waals surface area contributed by atoms with Crippen LogP contribution in [0.3, 0.4) is 0 Å². The summed E-state index contributed by atoms with van der Waals surface area (Å²) in [5.74, 6) is -0.00935. The van der Waals surface area contributed by atoms with Crippen molar-refractivity contribution in [2.24, 2.45) is 7.05 Å². The molecule has 1 aromatic heterocycles. The minimum atomic E-state index is -0.00935. The first-order valence-electron chi connectivity index (χ1n) is 4.76. The van der Waals surface area contributed by atoms with E-state index < -0.39 is 0 Å². The molecule has 1 heterocycles. The van der Waals surface area contributed by atoms with Gasteiger partial charge in [-0.15, -0.1) is 0 Å². The minimum absolute atomic E-state index is 0.00935. The highest BCUT2D eigenvalue weighted by atomic mass is 16.1. The smallest absolute Gasteiger partial charge is 0.238 e. The Balaban J connectivity index is 1.75. The summed E-state index contributed by atoms with van der Waals surface area (Å²) in [6.45, 7) is 0.388. The topological polar surface area (TPSA) is 59.0 Å². The molecule has 2 N–H and O–H groups in total. The Morgan fingerprint density at radius 2 is 2.50 bits per heavy atom. The van der Waals surface area contributed by atoms with Crippen LogP contribution in [0.25, 0.3) is 0 Å². The molecule has 1 aromatic rings. The van der Waals surface area contributed by atoms with Crippen molar-refractivity contribution in [3.05, 3.63) is 12.4 Å². The fraction of sp³-hybridized carbons (Fsp3) is 0.556. The Labute approximate surface area is 82.5 Å². The zero-order valence-corrected chi connectivity index (χ0v) is 8.16. The molecule has 0 spiro atoms. The van der Waals surface area contributed by atoms with E-state index in [2.05, 4.69) is 15.7 Å². The molecule has 1 saturated carbocycles. The van der Waals surface area contributed by atoms with Gasteiger partial charge in [0.1, 0.15) is 0 Å². The van der Waals surface area contributed by atoms with Gasteiger partial charge in [0.05, 0.1) is 18.4 Å². The summed E-state index contributed by atoms with van der Waals surface area (Å²) in [5, 5.41) is 9.86. The monoisotopic (exact) mass is 194 g/mol. The summed E-state index contributed by atoms with van der Waals surface area (Å²) in [7, 11) is 1.82. The number of nitrogens with zero attached hydrogens (tertiary/aromatic N) is 2. The standard InChI is InChI=1S/C9H14N4O/c1-13-6-8(4-11-13)12-9(14)5-10-7-2-3-7/h4,6-7,10H,2-3,5H2,1H3,(H,12,14). The SMILES string of the molecule is Cn1cc(NC(=O)CNC2CC2)cn1. The van der Waals surface area contributed by atoms with Gasteiger partial charge in [-0.2, -0.15) is 5.10 Å². The van der Waals surface area contributed by atoms with Crippen molar-refractivity contribution in [3.8, 4) is 0 Å². The minimum Gasteiger partial charge on any atom is -0.322 e. The first-order chi connectivity index (χ1) is 6.74. The van der Waals surface area contributed by atoms with E-state index in [0.29, 0.717) is 12.6 Å². The van der Waals surface area contributed by atoms with Crippen molar-refractivity contribution in [2.45, 2.75) is 18.9 Å². The van der Waals surface area contributed by atoms with Crippen molar-refractivity contribution in [1.29, 1.82) is 0 Å². The van der Waals surface area contributed by atoms with E-state index in [-0.39, 0.29) is 5.91 Å². The van der Waals surface area contributed by atoms with E-state index >= 15 is 0 Å². The summed E-state index contributed by atoms with van der Waals surface area (Å²) >= 11 is 0. The predicted octanol–water partition coefficient (Wildman–Crippen LogP) is 0.111. The van der Waals surface area contributed by atoms with Gasteiger partial charge in [-0.3, -0.25) is 9.48 Å². The van der Waals surface area contributed by atoms with Crippen LogP contribution in [-0.2, 0) is 11.8 Å². The van der Waals surface area contributed by atoms with Gasteiger partial charge in [-0.1, -0.05) is 0 Å². The van der Waals surface area contributed by atoms with Crippen LogP contribution in [0.5, 0.6) is 0 Å². The Morgan fingerprint density at radius 3 is 3.07 bits per heavy atom. The average Bonchev–Trinajstić information content (AvgIpc) is 2.88. The molecule has 5 heteroatoms. The number of aryl methyl sites for hydroxylation is 1. The maximum Gasteiger partial charge on any atom is 0.238 e. The molecule has 1 aliphatic carbocycles. The average molecular weight is 194 g/mol. The second-order valence-corrected chi connectivity index (χ2v) is 3.61. The fourth-order valence-corrected chi connectivity index (χ4v) is 1.22. The molecular weight excluding hydrogens is 180 g/mol. The number of carbonyl (C=O) groups excluding carboxylic acids is 1. The molecule has 1 fully saturated rings. The number of hydrogen-bond donors (Lipinski definition) is 2. The molecule has 1 amide bonds. The largest absolute Gasteiger partial charge is 0.322 e. The van der Waals surface area contributed by atoms with Crippen LogP contribution in [0.1, 0.15) is 12.8 Å². The van der Waals surface area contributed by atoms with E-state index in [1.165, 1.54) is 12.8 Å². The zero-order valence-electron chi connectivity index (χ0n) is 8.16. The van der Waals surface area contributed by atoms with Gasteiger partial charge >= 0.3 is 0 Å². The Hall–Kier alpha value is -1.36. The van der Waals surface area contributed by atoms with Crippen molar-refractivity contribution in [1.82, 2.24) is 15.1 Å². The van der Waals surface area contributed by atoms with E-state index in [9.17, 15) is 4.79 Å². The molecule has 0 unspecified atom stereocenters. The van der Waals surface area contributed by atoms with E-state index in [1.807, 2.05) is 7.05 Å². The second-order valence-electron chi connectivity index (χ2n) is 3.61. The third-order valence-corrected chi connectivity index (χ3v) is 2.12. The molecule has 0 aliphatic heterocycles. The van der Waals surface area contributed by atoms with Gasteiger partial charge in [-0.25, -0.2) is 0 Å². The number of amides is 1. The van der Waals surface area contributed by atoms with Gasteiger partial charge < -0.3 is 10.6 Å². The summed E-state index contributed by atoms with van der Waals surface area (Å²) < 4.78 is 1.66. The number of aromatic nitrogens is 2. The highest BCUT2D eigenvalue weighted by Gasteiger charge is 2.21. The number of nitrogens with one attached hydrogen (secondary N) is 2. The fourth-order valence-electron chi connectivity index (χ4n) is 1.22.